The lowest BCUT2D eigenvalue weighted by Crippen LogP contribution is -1.95. The molecule has 4 heteroatoms. The number of methoxy groups -OCH3 is 1. The van der Waals surface area contributed by atoms with Gasteiger partial charge in [0, 0.05) is 5.56 Å². The van der Waals surface area contributed by atoms with Crippen molar-refractivity contribution in [1.29, 1.82) is 0 Å². The summed E-state index contributed by atoms with van der Waals surface area (Å²) >= 11 is 5.74. The Kier molecular flexibility index (Phi) is 3.92. The van der Waals surface area contributed by atoms with E-state index in [0.717, 1.165) is 22.8 Å². The summed E-state index contributed by atoms with van der Waals surface area (Å²) in [4.78, 5) is 7.41. The average molecular weight is 265 g/mol. The molecule has 0 amide bonds. The van der Waals surface area contributed by atoms with Crippen LogP contribution in [0, 0.1) is 0 Å². The van der Waals surface area contributed by atoms with Crippen LogP contribution < -0.4 is 4.74 Å². The van der Waals surface area contributed by atoms with Gasteiger partial charge in [-0.1, -0.05) is 13.8 Å². The molecule has 0 saturated heterocycles. The zero-order chi connectivity index (χ0) is 13.1. The van der Waals surface area contributed by atoms with Gasteiger partial charge in [0.1, 0.15) is 11.6 Å². The van der Waals surface area contributed by atoms with Crippen molar-refractivity contribution in [2.24, 2.45) is 0 Å². The highest BCUT2D eigenvalue weighted by Crippen LogP contribution is 2.30. The monoisotopic (exact) mass is 264 g/mol. The van der Waals surface area contributed by atoms with Gasteiger partial charge in [0.15, 0.2) is 0 Å². The van der Waals surface area contributed by atoms with Crippen LogP contribution in [0.5, 0.6) is 5.75 Å². The van der Waals surface area contributed by atoms with Crippen LogP contribution in [-0.4, -0.2) is 17.1 Å². The third-order valence-corrected chi connectivity index (χ3v) is 3.17. The Morgan fingerprint density at radius 3 is 2.72 bits per heavy atom. The highest BCUT2D eigenvalue weighted by atomic mass is 35.5. The van der Waals surface area contributed by atoms with Crippen molar-refractivity contribution in [1.82, 2.24) is 9.97 Å². The van der Waals surface area contributed by atoms with Crippen molar-refractivity contribution >= 4 is 11.6 Å². The van der Waals surface area contributed by atoms with E-state index in [9.17, 15) is 0 Å². The van der Waals surface area contributed by atoms with Crippen LogP contribution in [0.1, 0.15) is 31.2 Å². The number of ether oxygens (including phenoxy) is 1. The summed E-state index contributed by atoms with van der Waals surface area (Å²) in [5, 5.41) is 0. The lowest BCUT2D eigenvalue weighted by atomic mass is 9.98. The van der Waals surface area contributed by atoms with Crippen molar-refractivity contribution in [2.45, 2.75) is 25.6 Å². The highest BCUT2D eigenvalue weighted by molar-refractivity contribution is 6.16. The van der Waals surface area contributed by atoms with Gasteiger partial charge < -0.3 is 9.72 Å². The van der Waals surface area contributed by atoms with Crippen molar-refractivity contribution in [3.63, 3.8) is 0 Å². The number of nitrogens with zero attached hydrogens (tertiary/aromatic N) is 1. The number of imidazole rings is 1. The normalized spacial score (nSPS) is 10.9. The largest absolute Gasteiger partial charge is 0.496 e. The number of nitrogens with one attached hydrogen (secondary N) is 1. The van der Waals surface area contributed by atoms with E-state index in [4.69, 9.17) is 16.3 Å². The van der Waals surface area contributed by atoms with Gasteiger partial charge in [-0.25, -0.2) is 4.98 Å². The van der Waals surface area contributed by atoms with E-state index in [1.807, 2.05) is 18.3 Å². The molecule has 0 aliphatic heterocycles. The van der Waals surface area contributed by atoms with Gasteiger partial charge in [-0.2, -0.15) is 0 Å². The summed E-state index contributed by atoms with van der Waals surface area (Å²) in [6, 6.07) is 6.15. The topological polar surface area (TPSA) is 37.9 Å². The number of aromatic amines is 1. The van der Waals surface area contributed by atoms with Crippen LogP contribution in [0.3, 0.4) is 0 Å². The van der Waals surface area contributed by atoms with Gasteiger partial charge in [-0.05, 0) is 29.7 Å². The summed E-state index contributed by atoms with van der Waals surface area (Å²) in [7, 11) is 1.70. The first-order valence-corrected chi connectivity index (χ1v) is 6.47. The number of rotatable bonds is 4. The molecule has 18 heavy (non-hydrogen) atoms. The summed E-state index contributed by atoms with van der Waals surface area (Å²) in [6.07, 6.45) is 1.81. The fourth-order valence-electron chi connectivity index (χ4n) is 1.93. The Bertz CT molecular complexity index is 534. The quantitative estimate of drug-likeness (QED) is 0.849. The van der Waals surface area contributed by atoms with E-state index in [2.05, 4.69) is 29.9 Å². The van der Waals surface area contributed by atoms with Gasteiger partial charge in [0.25, 0.3) is 0 Å². The van der Waals surface area contributed by atoms with Crippen LogP contribution in [0.2, 0.25) is 0 Å². The molecule has 0 unspecified atom stereocenters. The smallest absolute Gasteiger partial charge is 0.122 e. The lowest BCUT2D eigenvalue weighted by Gasteiger charge is -2.13. The van der Waals surface area contributed by atoms with E-state index in [1.165, 1.54) is 5.56 Å². The number of halogens is 1. The Morgan fingerprint density at radius 2 is 2.17 bits per heavy atom. The van der Waals surface area contributed by atoms with Crippen molar-refractivity contribution in [3.05, 3.63) is 35.8 Å². The summed E-state index contributed by atoms with van der Waals surface area (Å²) in [6.45, 7) is 4.30. The molecule has 0 radical (unpaired) electrons. The standard InChI is InChI=1S/C14H17ClN2O/c1-9(2)11-6-10(4-5-13(11)18-3)12-8-16-14(7-15)17-12/h4-6,8-9H,7H2,1-3H3,(H,16,17). The van der Waals surface area contributed by atoms with Crippen LogP contribution in [0.4, 0.5) is 0 Å². The highest BCUT2D eigenvalue weighted by Gasteiger charge is 2.10. The number of hydrogen-bond donors (Lipinski definition) is 1. The van der Waals surface area contributed by atoms with Gasteiger partial charge in [-0.3, -0.25) is 0 Å². The van der Waals surface area contributed by atoms with Crippen molar-refractivity contribution in [2.75, 3.05) is 7.11 Å². The molecule has 96 valence electrons. The molecule has 0 fully saturated rings. The average Bonchev–Trinajstić information content (AvgIpc) is 2.86. The molecule has 3 nitrogen and oxygen atoms in total. The van der Waals surface area contributed by atoms with Gasteiger partial charge in [0.2, 0.25) is 0 Å². The first-order valence-electron chi connectivity index (χ1n) is 5.94. The number of aromatic nitrogens is 2. The number of H-pyrrole nitrogens is 1. The van der Waals surface area contributed by atoms with Crippen LogP contribution >= 0.6 is 11.6 Å². The summed E-state index contributed by atoms with van der Waals surface area (Å²) < 4.78 is 5.38. The zero-order valence-electron chi connectivity index (χ0n) is 10.8. The minimum atomic E-state index is 0.396. The number of hydrogen-bond acceptors (Lipinski definition) is 2. The Hall–Kier alpha value is -1.48. The molecule has 0 saturated carbocycles. The molecule has 1 aromatic heterocycles. The minimum absolute atomic E-state index is 0.396. The molecule has 0 aliphatic carbocycles. The zero-order valence-corrected chi connectivity index (χ0v) is 11.6. The molecule has 0 bridgehead atoms. The van der Waals surface area contributed by atoms with E-state index < -0.39 is 0 Å². The predicted molar refractivity (Wildman–Crippen MR) is 74.2 cm³/mol. The Labute approximate surface area is 112 Å². The lowest BCUT2D eigenvalue weighted by molar-refractivity contribution is 0.407. The van der Waals surface area contributed by atoms with Gasteiger partial charge >= 0.3 is 0 Å². The molecular weight excluding hydrogens is 248 g/mol. The maximum Gasteiger partial charge on any atom is 0.122 e. The maximum atomic E-state index is 5.74. The molecule has 0 spiro atoms. The van der Waals surface area contributed by atoms with Crippen LogP contribution in [-0.2, 0) is 5.88 Å². The van der Waals surface area contributed by atoms with Crippen molar-refractivity contribution in [3.8, 4) is 17.0 Å². The van der Waals surface area contributed by atoms with Crippen LogP contribution in [0.25, 0.3) is 11.3 Å². The fourth-order valence-corrected chi connectivity index (χ4v) is 2.07. The van der Waals surface area contributed by atoms with E-state index in [-0.39, 0.29) is 0 Å². The third-order valence-electron chi connectivity index (χ3n) is 2.92. The predicted octanol–water partition coefficient (Wildman–Crippen LogP) is 3.95. The van der Waals surface area contributed by atoms with E-state index in [0.29, 0.717) is 11.8 Å². The summed E-state index contributed by atoms with van der Waals surface area (Å²) in [5.74, 6) is 2.52. The van der Waals surface area contributed by atoms with E-state index >= 15 is 0 Å². The van der Waals surface area contributed by atoms with Gasteiger partial charge in [-0.15, -0.1) is 11.6 Å². The molecule has 2 aromatic rings. The third kappa shape index (κ3) is 2.51. The first-order chi connectivity index (χ1) is 8.65. The molecule has 2 rings (SSSR count). The second-order valence-electron chi connectivity index (χ2n) is 4.49. The fraction of sp³-hybridized carbons (Fsp3) is 0.357. The molecule has 1 aromatic carbocycles. The number of benzene rings is 1. The summed E-state index contributed by atoms with van der Waals surface area (Å²) in [5.41, 5.74) is 3.27. The SMILES string of the molecule is COc1ccc(-c2cnc(CCl)[nH]2)cc1C(C)C. The maximum absolute atomic E-state index is 5.74. The Balaban J connectivity index is 2.42. The molecule has 1 N–H and O–H groups in total. The molecule has 0 atom stereocenters. The van der Waals surface area contributed by atoms with Crippen LogP contribution in [0.15, 0.2) is 24.4 Å². The Morgan fingerprint density at radius 1 is 1.39 bits per heavy atom. The molecule has 0 aliphatic rings. The van der Waals surface area contributed by atoms with E-state index in [1.54, 1.807) is 7.11 Å². The molecule has 1 heterocycles. The first kappa shape index (κ1) is 13.0. The van der Waals surface area contributed by atoms with Gasteiger partial charge in [0.05, 0.1) is 24.9 Å². The second kappa shape index (κ2) is 5.44. The number of alkyl halides is 1. The molecular formula is C14H17ClN2O. The van der Waals surface area contributed by atoms with Crippen molar-refractivity contribution < 1.29 is 4.74 Å². The minimum Gasteiger partial charge on any atom is -0.496 e. The second-order valence-corrected chi connectivity index (χ2v) is 4.76.